The highest BCUT2D eigenvalue weighted by molar-refractivity contribution is 7.66. The Bertz CT molecular complexity index is 3630. The average Bonchev–Trinajstić information content (AvgIpc) is 4.42. The van der Waals surface area contributed by atoms with Gasteiger partial charge in [-0.25, -0.2) is 38.0 Å². The van der Waals surface area contributed by atoms with Crippen LogP contribution >= 0.6 is 31.3 Å². The van der Waals surface area contributed by atoms with Crippen molar-refractivity contribution in [2.24, 2.45) is 5.92 Å². The number of phosphoric acid groups is 4. The van der Waals surface area contributed by atoms with Gasteiger partial charge in [-0.1, -0.05) is 35.3 Å². The molecule has 5 unspecified atom stereocenters. The fourth-order valence-electron chi connectivity index (χ4n) is 9.28. The summed E-state index contributed by atoms with van der Waals surface area (Å²) in [5.41, 5.74) is 10.2. The Hall–Kier alpha value is -5.40. The molecule has 0 amide bonds. The van der Waals surface area contributed by atoms with E-state index in [2.05, 4.69) is 33.5 Å². The number of nitrogens with zero attached hydrogens (tertiary/aromatic N) is 8. The van der Waals surface area contributed by atoms with Crippen LogP contribution in [0.1, 0.15) is 30.7 Å². The van der Waals surface area contributed by atoms with E-state index in [0.717, 1.165) is 42.2 Å². The molecule has 5 aromatic heterocycles. The Kier molecular flexibility index (Phi) is 17.9. The lowest BCUT2D eigenvalue weighted by Crippen LogP contribution is -2.45. The number of nitrogens with two attached hydrogens (primary N) is 2. The predicted octanol–water partition coefficient (Wildman–Crippen LogP) is -2.70. The van der Waals surface area contributed by atoms with Gasteiger partial charge in [0.15, 0.2) is 30.2 Å². The first-order valence-electron chi connectivity index (χ1n) is 23.7. The number of benzene rings is 1. The van der Waals surface area contributed by atoms with Crippen LogP contribution in [0.25, 0.3) is 22.3 Å². The molecule has 3 saturated heterocycles. The quantitative estimate of drug-likeness (QED) is 0.0218. The van der Waals surface area contributed by atoms with Crippen molar-refractivity contribution in [3.8, 4) is 0 Å². The summed E-state index contributed by atoms with van der Waals surface area (Å²) in [5.74, 6) is -1.34. The first-order chi connectivity index (χ1) is 38.3. The first kappa shape index (κ1) is 60.2. The normalized spacial score (nSPS) is 29.0. The molecule has 37 nitrogen and oxygen atoms in total. The van der Waals surface area contributed by atoms with Crippen molar-refractivity contribution in [2.75, 3.05) is 52.1 Å². The van der Waals surface area contributed by atoms with Gasteiger partial charge in [0.1, 0.15) is 54.6 Å². The maximum atomic E-state index is 13.5. The molecule has 3 fully saturated rings. The molecule has 0 bridgehead atoms. The monoisotopic (exact) mass is 1220 g/mol. The molecule has 6 aromatic rings. The van der Waals surface area contributed by atoms with Gasteiger partial charge in [0, 0.05) is 39.0 Å². The molecule has 9 rings (SSSR count). The van der Waals surface area contributed by atoms with E-state index in [9.17, 15) is 67.5 Å². The number of ether oxygens (including phenoxy) is 5. The highest BCUT2D eigenvalue weighted by Gasteiger charge is 2.53. The second-order valence-corrected chi connectivity index (χ2v) is 24.1. The van der Waals surface area contributed by atoms with Gasteiger partial charge in [0.25, 0.3) is 24.9 Å². The number of methoxy groups -OCH3 is 2. The summed E-state index contributed by atoms with van der Waals surface area (Å²) in [6.45, 7) is -3.15. The van der Waals surface area contributed by atoms with Gasteiger partial charge < -0.3 is 79.1 Å². The lowest BCUT2D eigenvalue weighted by Gasteiger charge is -2.31. The van der Waals surface area contributed by atoms with Crippen molar-refractivity contribution in [3.05, 3.63) is 98.3 Å². The summed E-state index contributed by atoms with van der Waals surface area (Å²) in [6.07, 6.45) is -13.5. The molecule has 8 heterocycles. The molecule has 41 heteroatoms. The number of hydrogen-bond acceptors (Lipinski definition) is 28. The van der Waals surface area contributed by atoms with E-state index in [1.165, 1.54) is 27.1 Å². The molecule has 16 atom stereocenters. The van der Waals surface area contributed by atoms with Crippen LogP contribution in [-0.2, 0) is 75.2 Å². The van der Waals surface area contributed by atoms with Crippen molar-refractivity contribution < 1.29 is 108 Å². The Labute approximate surface area is 452 Å². The number of nitrogen functional groups attached to an aromatic ring is 2. The van der Waals surface area contributed by atoms with Crippen LogP contribution in [0.5, 0.6) is 0 Å². The largest absolute Gasteiger partial charge is 0.756 e. The number of nitrogens with one attached hydrogen (secondary N) is 2. The topological polar surface area (TPSA) is 519 Å². The number of hydrogen-bond donors (Lipinski definition) is 10. The molecule has 442 valence electrons. The Morgan fingerprint density at radius 3 is 2.14 bits per heavy atom. The number of aliphatic hydroxyl groups is 3. The second kappa shape index (κ2) is 24.1. The van der Waals surface area contributed by atoms with E-state index >= 15 is 0 Å². The Morgan fingerprint density at radius 2 is 1.46 bits per heavy atom. The molecule has 0 spiro atoms. The molecule has 12 N–H and O–H groups in total. The second-order valence-electron chi connectivity index (χ2n) is 18.1. The molecule has 3 aliphatic heterocycles. The summed E-state index contributed by atoms with van der Waals surface area (Å²) in [7, 11) is -21.3. The number of aromatic amines is 2. The molecular formula is C40H52N12O25P4. The number of H-pyrrole nitrogens is 2. The van der Waals surface area contributed by atoms with Crippen LogP contribution in [-0.4, -0.2) is 163 Å². The first-order valence-corrected chi connectivity index (χ1v) is 29.7. The lowest BCUT2D eigenvalue weighted by atomic mass is 9.95. The zero-order chi connectivity index (χ0) is 58.3. The molecule has 3 aliphatic rings. The summed E-state index contributed by atoms with van der Waals surface area (Å²) in [6, 6.07) is 9.90. The molecule has 0 radical (unpaired) electrons. The van der Waals surface area contributed by atoms with E-state index in [0.29, 0.717) is 0 Å². The zero-order valence-corrected chi connectivity index (χ0v) is 45.5. The maximum absolute atomic E-state index is 13.5. The van der Waals surface area contributed by atoms with Crippen molar-refractivity contribution in [2.45, 2.75) is 80.5 Å². The van der Waals surface area contributed by atoms with Crippen molar-refractivity contribution in [1.82, 2.24) is 43.6 Å². The number of fused-ring (bicyclic) bond motifs is 2. The fourth-order valence-corrected chi connectivity index (χ4v) is 13.7. The van der Waals surface area contributed by atoms with Gasteiger partial charge in [-0.3, -0.25) is 46.9 Å². The van der Waals surface area contributed by atoms with Gasteiger partial charge in [-0.2, -0.15) is 8.62 Å². The molecule has 1 aromatic carbocycles. The number of rotatable bonds is 24. The number of anilines is 2. The van der Waals surface area contributed by atoms with Crippen LogP contribution in [0.4, 0.5) is 11.8 Å². The van der Waals surface area contributed by atoms with Crippen LogP contribution in [0, 0.1) is 5.92 Å². The minimum absolute atomic E-state index is 0.00729. The molecule has 81 heavy (non-hydrogen) atoms. The van der Waals surface area contributed by atoms with Crippen LogP contribution in [0.3, 0.4) is 0 Å². The van der Waals surface area contributed by atoms with Crippen LogP contribution < -0.4 is 37.7 Å². The molecule has 0 saturated carbocycles. The fraction of sp³-hybridized carbons (Fsp3) is 0.500. The summed E-state index contributed by atoms with van der Waals surface area (Å²) >= 11 is 0. The molecule has 0 aliphatic carbocycles. The third kappa shape index (κ3) is 13.4. The third-order valence-corrected chi connectivity index (χ3v) is 18.1. The summed E-state index contributed by atoms with van der Waals surface area (Å²) in [5, 5.41) is 33.0. The summed E-state index contributed by atoms with van der Waals surface area (Å²) < 4.78 is 115. The van der Waals surface area contributed by atoms with Crippen molar-refractivity contribution >= 4 is 65.4 Å². The lowest BCUT2D eigenvalue weighted by molar-refractivity contribution is -0.746. The zero-order valence-electron chi connectivity index (χ0n) is 41.9. The van der Waals surface area contributed by atoms with Gasteiger partial charge in [0.05, 0.1) is 38.8 Å². The Balaban J connectivity index is 0.873. The van der Waals surface area contributed by atoms with E-state index in [1.54, 1.807) is 30.3 Å². The SMILES string of the molecule is COCC[C@H]1[C@@H](O)[C@H]([n+]2cn(Cc3ccccc3)c3c(=O)[nH]c(N)nc32)O[C@@H]1COP(=O)(O)OP(=O)(O)OP(=O)(O)OCC1O[C@@H](n2cnc3c(N)ncnc32)[C@H](OC)[C@@H]1OP(=O)([O-])OC[C@H]1O[C@@H](n2ccc(=O)[nH]c2=O)[C@H](O)[C@@H]1O. The number of aliphatic hydroxyl groups excluding tert-OH is 3. The highest BCUT2D eigenvalue weighted by Crippen LogP contribution is 2.68. The van der Waals surface area contributed by atoms with E-state index in [4.69, 9.17) is 53.2 Å². The minimum atomic E-state index is -6.22. The van der Waals surface area contributed by atoms with Crippen molar-refractivity contribution in [3.63, 3.8) is 0 Å². The smallest absolute Gasteiger partial charge is 0.490 e. The average molecular weight is 1220 g/mol. The standard InChI is InChI=1S/C40H52N12O25P4/c1-67-11-9-20-21(72-36(27(20)54)52-18-49(12-19-6-4-3-5-7-19)26-34(52)47-39(42)48-35(26)57)13-70-79(61,62)76-81(65,66)77-80(63,64)71-15-23-30(31(68-2)38(74-23)51-17-45-25-32(41)43-16-44-33(25)51)75-78(59,60)69-14-22-28(55)29(56)37(73-22)50-10-8-24(53)46-40(50)58/h3-8,10,16-18,20-23,27-31,36-38,54-56H,9,11-15H2,1-2H3,(H9-,41,42,43,44,46,47,48,53,57,58,59,60,61,62,63,64,65,66)/t20-,21-,22-,23?,27-,28-,29-,30-,31-,36-,37-,38-/m1/s1. The maximum Gasteiger partial charge on any atom is 0.490 e. The number of imidazole rings is 2. The number of aromatic nitrogens is 10. The van der Waals surface area contributed by atoms with Gasteiger partial charge in [-0.15, -0.1) is 0 Å². The van der Waals surface area contributed by atoms with Crippen molar-refractivity contribution in [1.29, 1.82) is 0 Å². The van der Waals surface area contributed by atoms with Crippen LogP contribution in [0.15, 0.2) is 76.0 Å². The van der Waals surface area contributed by atoms with E-state index in [-0.39, 0.29) is 53.7 Å². The minimum Gasteiger partial charge on any atom is -0.756 e. The van der Waals surface area contributed by atoms with Gasteiger partial charge in [0.2, 0.25) is 11.7 Å². The Morgan fingerprint density at radius 1 is 0.778 bits per heavy atom. The van der Waals surface area contributed by atoms with Gasteiger partial charge >= 0.3 is 34.8 Å². The number of phosphoric ester groups is 3. The third-order valence-electron chi connectivity index (χ3n) is 12.9. The van der Waals surface area contributed by atoms with E-state index in [1.807, 2.05) is 4.98 Å². The summed E-state index contributed by atoms with van der Waals surface area (Å²) in [4.78, 5) is 103. The van der Waals surface area contributed by atoms with E-state index < -0.39 is 141 Å². The molecular weight excluding hydrogens is 1170 g/mol. The van der Waals surface area contributed by atoms with Gasteiger partial charge in [-0.05, 0) is 12.0 Å². The van der Waals surface area contributed by atoms with Crippen LogP contribution in [0.2, 0.25) is 0 Å². The predicted molar refractivity (Wildman–Crippen MR) is 264 cm³/mol. The highest BCUT2D eigenvalue weighted by atomic mass is 31.3.